The van der Waals surface area contributed by atoms with E-state index in [1.54, 1.807) is 38.5 Å². The monoisotopic (exact) mass is 1290 g/mol. The van der Waals surface area contributed by atoms with Crippen molar-refractivity contribution in [2.24, 2.45) is 10.8 Å². The van der Waals surface area contributed by atoms with E-state index in [0.717, 1.165) is 66.7 Å². The van der Waals surface area contributed by atoms with Gasteiger partial charge in [-0.15, -0.1) is 12.4 Å². The molecule has 25 heteroatoms. The van der Waals surface area contributed by atoms with Crippen molar-refractivity contribution < 1.29 is 54.8 Å². The molecule has 21 nitrogen and oxygen atoms in total. The summed E-state index contributed by atoms with van der Waals surface area (Å²) >= 11 is 6.10. The summed E-state index contributed by atoms with van der Waals surface area (Å²) in [6.07, 6.45) is 0.456. The normalized spacial score (nSPS) is 16.3. The lowest BCUT2D eigenvalue weighted by Gasteiger charge is -2.41. The largest absolute Gasteiger partial charge is 0.497 e. The second kappa shape index (κ2) is 29.7. The predicted molar refractivity (Wildman–Crippen MR) is 344 cm³/mol. The minimum atomic E-state index is -3.42. The number of nitrogens with one attached hydrogen (secondary N) is 3. The maximum absolute atomic E-state index is 12.9. The van der Waals surface area contributed by atoms with E-state index >= 15 is 0 Å². The molecule has 12 rings (SSSR count). The summed E-state index contributed by atoms with van der Waals surface area (Å²) in [7, 11) is -3.24. The topological polar surface area (TPSA) is 284 Å². The number of hydrogen-bond acceptors (Lipinski definition) is 21. The lowest BCUT2D eigenvalue weighted by molar-refractivity contribution is -0.161. The van der Waals surface area contributed by atoms with Gasteiger partial charge in [0.1, 0.15) is 36.3 Å². The number of rotatable bonds is 17. The minimum absolute atomic E-state index is 0. The Morgan fingerprint density at radius 2 is 1.09 bits per heavy atom. The van der Waals surface area contributed by atoms with Crippen LogP contribution in [0.1, 0.15) is 46.2 Å². The predicted octanol–water partition coefficient (Wildman–Crippen LogP) is 9.61. The van der Waals surface area contributed by atoms with Crippen LogP contribution in [-0.4, -0.2) is 127 Å². The van der Waals surface area contributed by atoms with Gasteiger partial charge in [-0.05, 0) is 108 Å². The third-order valence-electron chi connectivity index (χ3n) is 15.5. The number of aryl methyl sites for hydroxylation is 2. The molecule has 0 aliphatic carbocycles. The maximum Gasteiger partial charge on any atom is 0.306 e. The summed E-state index contributed by atoms with van der Waals surface area (Å²) < 4.78 is 81.6. The average Bonchev–Trinajstić information content (AvgIpc) is 2.01. The highest BCUT2D eigenvalue weighted by molar-refractivity contribution is 7.91. The number of esters is 2. The van der Waals surface area contributed by atoms with E-state index in [1.165, 1.54) is 0 Å². The number of ether oxygens (including phenoxy) is 6. The summed E-state index contributed by atoms with van der Waals surface area (Å²) in [6.45, 7) is 9.03. The summed E-state index contributed by atoms with van der Waals surface area (Å²) in [4.78, 5) is 46.5. The van der Waals surface area contributed by atoms with Gasteiger partial charge >= 0.3 is 11.9 Å². The second-order valence-corrected chi connectivity index (χ2v) is 26.8. The van der Waals surface area contributed by atoms with Crippen LogP contribution in [0.25, 0.3) is 21.8 Å². The lowest BCUT2D eigenvalue weighted by atomic mass is 9.82. The quantitative estimate of drug-likeness (QED) is 0.0487. The molecule has 0 unspecified atom stereocenters. The summed E-state index contributed by atoms with van der Waals surface area (Å²) in [5, 5.41) is 11.8. The Labute approximate surface area is 529 Å². The van der Waals surface area contributed by atoms with Crippen molar-refractivity contribution in [1.82, 2.24) is 31.4 Å². The smallest absolute Gasteiger partial charge is 0.306 e. The number of methoxy groups -OCH3 is 2. The van der Waals surface area contributed by atoms with E-state index in [-0.39, 0.29) is 85.3 Å². The zero-order valence-corrected chi connectivity index (χ0v) is 53.2. The van der Waals surface area contributed by atoms with E-state index in [0.29, 0.717) is 86.5 Å². The van der Waals surface area contributed by atoms with Gasteiger partial charge in [-0.3, -0.25) is 9.59 Å². The first-order chi connectivity index (χ1) is 41.9. The average molecular weight is 1300 g/mol. The SMILES string of the molecule is COc1ccc(COC(=O)CC2(CNc3nc(Cl)nc4ccc(C)cc34)COC2)cc1.COc1ccc(COC(=O)CC2(CNc3nc(N4CCS(=O)(=O)c5ccccc5C4)nc4ccc(C)cc34)COC2)cc1.Cl.N.O=S1(=O)CCNCc2ccccc21. The Morgan fingerprint density at radius 1 is 0.618 bits per heavy atom. The van der Waals surface area contributed by atoms with Gasteiger partial charge < -0.3 is 55.4 Å². The van der Waals surface area contributed by atoms with Crippen molar-refractivity contribution in [2.75, 3.05) is 93.9 Å². The van der Waals surface area contributed by atoms with Crippen LogP contribution in [0.2, 0.25) is 5.28 Å². The molecule has 0 saturated carbocycles. The van der Waals surface area contributed by atoms with Gasteiger partial charge in [0.15, 0.2) is 19.7 Å². The fraction of sp³-hybridized carbons (Fsp3) is 0.344. The number of aromatic nitrogens is 4. The molecule has 0 radical (unpaired) electrons. The molecular formula is C64H73Cl2N9O12S2. The first-order valence-electron chi connectivity index (χ1n) is 28.4. The van der Waals surface area contributed by atoms with Crippen LogP contribution in [0.15, 0.2) is 143 Å². The number of benzene rings is 6. The van der Waals surface area contributed by atoms with E-state index in [4.69, 9.17) is 50.0 Å². The number of anilines is 3. The van der Waals surface area contributed by atoms with Gasteiger partial charge in [-0.25, -0.2) is 31.8 Å². The highest BCUT2D eigenvalue weighted by Gasteiger charge is 2.43. The van der Waals surface area contributed by atoms with Gasteiger partial charge in [0.05, 0.1) is 85.8 Å². The summed E-state index contributed by atoms with van der Waals surface area (Å²) in [5.41, 5.74) is 6.28. The highest BCUT2D eigenvalue weighted by atomic mass is 35.5. The second-order valence-electron chi connectivity index (χ2n) is 22.3. The maximum atomic E-state index is 12.9. The Kier molecular flexibility index (Phi) is 22.4. The van der Waals surface area contributed by atoms with E-state index in [1.807, 2.05) is 128 Å². The minimum Gasteiger partial charge on any atom is -0.497 e. The molecule has 6 aromatic carbocycles. The van der Waals surface area contributed by atoms with Crippen molar-refractivity contribution >= 4 is 95.0 Å². The number of nitrogens with zero attached hydrogens (tertiary/aromatic N) is 5. The molecule has 2 fully saturated rings. The third-order valence-corrected chi connectivity index (χ3v) is 19.2. The van der Waals surface area contributed by atoms with Crippen LogP contribution in [0.5, 0.6) is 11.5 Å². The zero-order chi connectivity index (χ0) is 61.2. The number of carbonyl (C=O) groups is 2. The van der Waals surface area contributed by atoms with Gasteiger partial charge in [-0.2, -0.15) is 4.98 Å². The Hall–Kier alpha value is -7.74. The molecule has 0 spiro atoms. The first kappa shape index (κ1) is 67.2. The van der Waals surface area contributed by atoms with Crippen LogP contribution < -0.4 is 36.5 Å². The molecule has 6 heterocycles. The Bertz CT molecular complexity index is 4010. The molecule has 2 aromatic heterocycles. The number of carbonyl (C=O) groups excluding carboxylic acids is 2. The van der Waals surface area contributed by atoms with Gasteiger partial charge in [-0.1, -0.05) is 83.9 Å². The zero-order valence-electron chi connectivity index (χ0n) is 50.0. The third kappa shape index (κ3) is 17.0. The van der Waals surface area contributed by atoms with Crippen molar-refractivity contribution in [3.63, 3.8) is 0 Å². The van der Waals surface area contributed by atoms with E-state index in [2.05, 4.69) is 25.9 Å². The molecule has 0 atom stereocenters. The highest BCUT2D eigenvalue weighted by Crippen LogP contribution is 2.36. The van der Waals surface area contributed by atoms with Crippen LogP contribution >= 0.6 is 24.0 Å². The molecule has 4 aliphatic heterocycles. The van der Waals surface area contributed by atoms with Crippen molar-refractivity contribution in [2.45, 2.75) is 62.8 Å². The molecule has 472 valence electrons. The van der Waals surface area contributed by atoms with Crippen LogP contribution in [0.3, 0.4) is 0 Å². The molecule has 4 aliphatic rings. The van der Waals surface area contributed by atoms with E-state index < -0.39 is 25.1 Å². The molecular weight excluding hydrogens is 1220 g/mol. The Morgan fingerprint density at radius 3 is 1.60 bits per heavy atom. The van der Waals surface area contributed by atoms with Crippen molar-refractivity contribution in [3.8, 4) is 11.5 Å². The summed E-state index contributed by atoms with van der Waals surface area (Å²) in [5.74, 6) is 2.84. The number of hydrogen-bond donors (Lipinski definition) is 4. The van der Waals surface area contributed by atoms with Crippen LogP contribution in [-0.2, 0) is 74.5 Å². The fourth-order valence-corrected chi connectivity index (χ4v) is 13.6. The van der Waals surface area contributed by atoms with Crippen LogP contribution in [0, 0.1) is 24.7 Å². The molecule has 0 bridgehead atoms. The van der Waals surface area contributed by atoms with Crippen molar-refractivity contribution in [3.05, 3.63) is 172 Å². The van der Waals surface area contributed by atoms with E-state index in [9.17, 15) is 26.4 Å². The first-order valence-corrected chi connectivity index (χ1v) is 32.1. The molecule has 8 aromatic rings. The summed E-state index contributed by atoms with van der Waals surface area (Å²) in [6, 6.07) is 41.0. The van der Waals surface area contributed by atoms with Crippen molar-refractivity contribution in [1.29, 1.82) is 0 Å². The Balaban J connectivity index is 0.000000193. The fourth-order valence-electron chi connectivity index (χ4n) is 10.4. The standard InChI is InChI=1S/C32H34N4O6S.C23H24ClN3O4.C9H11NO2S.ClH.H3N/c1-22-7-12-27-26(15-22)30(35-31(34-27)36-13-14-43(38,39)28-6-4-3-5-24(28)17-36)33-19-32(20-41-21-32)16-29(37)42-18-23-8-10-25(40-2)11-9-23;1-15-3-8-19-18(9-15)21(27-22(24)26-19)25-12-23(13-30-14-23)10-20(28)31-11-16-4-6-17(29-2)7-5-16;11-13(12)6-5-10-7-8-3-1-2-4-9(8)13;;/h3-12,15H,13-14,16-21H2,1-2H3,(H,33,34,35);3-9H,10-14H2,1-2H3,(H,25,26,27);1-4,10H,5-7H2;1H;1H3. The molecule has 89 heavy (non-hydrogen) atoms. The molecule has 6 N–H and O–H groups in total. The number of sulfone groups is 2. The van der Waals surface area contributed by atoms with Gasteiger partial charge in [0.2, 0.25) is 11.2 Å². The molecule has 0 amide bonds. The van der Waals surface area contributed by atoms with Gasteiger partial charge in [0, 0.05) is 60.9 Å². The number of halogens is 2. The number of fused-ring (bicyclic) bond motifs is 4. The van der Waals surface area contributed by atoms with Crippen LogP contribution in [0.4, 0.5) is 17.6 Å². The lowest BCUT2D eigenvalue weighted by Crippen LogP contribution is -2.49. The molecule has 2 saturated heterocycles. The van der Waals surface area contributed by atoms with Gasteiger partial charge in [0.25, 0.3) is 0 Å².